The summed E-state index contributed by atoms with van der Waals surface area (Å²) in [5, 5.41) is 3.21. The Bertz CT molecular complexity index is 567. The lowest BCUT2D eigenvalue weighted by Gasteiger charge is -2.09. The van der Waals surface area contributed by atoms with E-state index in [4.69, 9.17) is 16.2 Å². The van der Waals surface area contributed by atoms with Gasteiger partial charge in [0, 0.05) is 5.69 Å². The number of primary amides is 1. The van der Waals surface area contributed by atoms with Crippen LogP contribution in [0, 0.1) is 0 Å². The summed E-state index contributed by atoms with van der Waals surface area (Å²) in [6.07, 6.45) is -0.778. The Hall–Kier alpha value is -2.69. The van der Waals surface area contributed by atoms with Crippen molar-refractivity contribution in [1.29, 1.82) is 0 Å². The van der Waals surface area contributed by atoms with Crippen molar-refractivity contribution in [1.82, 2.24) is 0 Å². The molecule has 0 radical (unpaired) electrons. The van der Waals surface area contributed by atoms with Crippen molar-refractivity contribution in [2.24, 2.45) is 5.73 Å². The molecule has 2 aromatic carbocycles. The molecular weight excluding hydrogens is 242 g/mol. The zero-order chi connectivity index (χ0) is 13.7. The van der Waals surface area contributed by atoms with Crippen molar-refractivity contribution in [3.8, 4) is 0 Å². The molecule has 0 spiro atoms. The lowest BCUT2D eigenvalue weighted by Crippen LogP contribution is -2.12. The number of carbonyl (C=O) groups is 1. The molecule has 2 aromatic rings. The summed E-state index contributed by atoms with van der Waals surface area (Å²) in [7, 11) is 0. The monoisotopic (exact) mass is 257 g/mol. The summed E-state index contributed by atoms with van der Waals surface area (Å²) in [6.45, 7) is 0.170. The molecule has 98 valence electrons. The van der Waals surface area contributed by atoms with E-state index in [2.05, 4.69) is 5.32 Å². The van der Waals surface area contributed by atoms with Crippen LogP contribution in [0.4, 0.5) is 21.9 Å². The molecule has 0 saturated heterocycles. The van der Waals surface area contributed by atoms with Crippen LogP contribution in [-0.2, 0) is 11.3 Å². The maximum atomic E-state index is 10.5. The molecule has 0 bridgehead atoms. The van der Waals surface area contributed by atoms with Gasteiger partial charge in [0.05, 0.1) is 11.4 Å². The van der Waals surface area contributed by atoms with Crippen LogP contribution < -0.4 is 16.8 Å². The van der Waals surface area contributed by atoms with E-state index in [0.29, 0.717) is 5.69 Å². The predicted octanol–water partition coefficient (Wildman–Crippen LogP) is 2.61. The quantitative estimate of drug-likeness (QED) is 0.734. The smallest absolute Gasteiger partial charge is 0.404 e. The van der Waals surface area contributed by atoms with Gasteiger partial charge in [-0.05, 0) is 29.8 Å². The topological polar surface area (TPSA) is 90.4 Å². The van der Waals surface area contributed by atoms with Crippen molar-refractivity contribution in [2.75, 3.05) is 11.1 Å². The molecule has 2 rings (SSSR count). The predicted molar refractivity (Wildman–Crippen MR) is 75.0 cm³/mol. The fraction of sp³-hybridized carbons (Fsp3) is 0.0714. The maximum Gasteiger partial charge on any atom is 0.404 e. The van der Waals surface area contributed by atoms with Gasteiger partial charge in [-0.3, -0.25) is 0 Å². The number of hydrogen-bond donors (Lipinski definition) is 3. The second kappa shape index (κ2) is 5.77. The van der Waals surface area contributed by atoms with Crippen LogP contribution in [0.2, 0.25) is 0 Å². The van der Waals surface area contributed by atoms with Crippen LogP contribution in [0.15, 0.2) is 48.5 Å². The molecule has 0 unspecified atom stereocenters. The van der Waals surface area contributed by atoms with Gasteiger partial charge in [-0.1, -0.05) is 24.3 Å². The Morgan fingerprint density at radius 3 is 2.42 bits per heavy atom. The van der Waals surface area contributed by atoms with Crippen LogP contribution in [0.25, 0.3) is 0 Å². The Balaban J connectivity index is 2.03. The van der Waals surface area contributed by atoms with Gasteiger partial charge in [-0.2, -0.15) is 0 Å². The largest absolute Gasteiger partial charge is 0.445 e. The summed E-state index contributed by atoms with van der Waals surface area (Å²) < 4.78 is 4.70. The van der Waals surface area contributed by atoms with E-state index in [-0.39, 0.29) is 6.61 Å². The highest BCUT2D eigenvalue weighted by molar-refractivity contribution is 5.72. The highest BCUT2D eigenvalue weighted by atomic mass is 16.5. The average Bonchev–Trinajstić information content (AvgIpc) is 2.40. The van der Waals surface area contributed by atoms with Gasteiger partial charge in [0.1, 0.15) is 6.61 Å². The van der Waals surface area contributed by atoms with Crippen molar-refractivity contribution in [2.45, 2.75) is 6.61 Å². The number of para-hydroxylation sites is 2. The third kappa shape index (κ3) is 3.64. The van der Waals surface area contributed by atoms with Gasteiger partial charge in [0.15, 0.2) is 0 Å². The van der Waals surface area contributed by atoms with Gasteiger partial charge >= 0.3 is 6.09 Å². The minimum Gasteiger partial charge on any atom is -0.445 e. The summed E-state index contributed by atoms with van der Waals surface area (Å²) >= 11 is 0. The molecule has 0 aromatic heterocycles. The van der Waals surface area contributed by atoms with Crippen LogP contribution in [0.1, 0.15) is 5.56 Å². The minimum atomic E-state index is -0.778. The first-order chi connectivity index (χ1) is 9.15. The summed E-state index contributed by atoms with van der Waals surface area (Å²) in [4.78, 5) is 10.5. The van der Waals surface area contributed by atoms with Gasteiger partial charge in [0.2, 0.25) is 0 Å². The van der Waals surface area contributed by atoms with E-state index in [1.165, 1.54) is 0 Å². The molecule has 5 nitrogen and oxygen atoms in total. The van der Waals surface area contributed by atoms with Crippen LogP contribution in [0.5, 0.6) is 0 Å². The molecule has 0 aliphatic rings. The zero-order valence-electron chi connectivity index (χ0n) is 10.3. The highest BCUT2D eigenvalue weighted by Crippen LogP contribution is 2.22. The number of hydrogen-bond acceptors (Lipinski definition) is 4. The number of amides is 1. The molecule has 0 aliphatic carbocycles. The normalized spacial score (nSPS) is 9.89. The number of nitrogen functional groups attached to an aromatic ring is 1. The highest BCUT2D eigenvalue weighted by Gasteiger charge is 2.00. The number of benzene rings is 2. The van der Waals surface area contributed by atoms with Crippen molar-refractivity contribution in [3.05, 3.63) is 54.1 Å². The number of anilines is 3. The SMILES string of the molecule is NC(=O)OCc1ccc(Nc2ccccc2N)cc1. The summed E-state index contributed by atoms with van der Waals surface area (Å²) in [6, 6.07) is 15.0. The number of ether oxygens (including phenoxy) is 1. The number of carbonyl (C=O) groups excluding carboxylic acids is 1. The second-order valence-corrected chi connectivity index (χ2v) is 4.02. The van der Waals surface area contributed by atoms with E-state index in [9.17, 15) is 4.79 Å². The van der Waals surface area contributed by atoms with Gasteiger partial charge < -0.3 is 21.5 Å². The number of nitrogens with two attached hydrogens (primary N) is 2. The van der Waals surface area contributed by atoms with E-state index in [1.807, 2.05) is 48.5 Å². The maximum absolute atomic E-state index is 10.5. The van der Waals surface area contributed by atoms with Crippen LogP contribution >= 0.6 is 0 Å². The summed E-state index contributed by atoms with van der Waals surface area (Å²) in [5.74, 6) is 0. The molecule has 1 amide bonds. The van der Waals surface area contributed by atoms with E-state index < -0.39 is 6.09 Å². The molecular formula is C14H15N3O2. The van der Waals surface area contributed by atoms with E-state index in [0.717, 1.165) is 16.9 Å². The van der Waals surface area contributed by atoms with Crippen molar-refractivity contribution >= 4 is 23.2 Å². The first-order valence-electron chi connectivity index (χ1n) is 5.78. The lowest BCUT2D eigenvalue weighted by atomic mass is 10.2. The Morgan fingerprint density at radius 1 is 1.11 bits per heavy atom. The minimum absolute atomic E-state index is 0.170. The molecule has 0 aliphatic heterocycles. The third-order valence-corrected chi connectivity index (χ3v) is 2.57. The van der Waals surface area contributed by atoms with Gasteiger partial charge in [-0.25, -0.2) is 4.79 Å². The van der Waals surface area contributed by atoms with Crippen molar-refractivity contribution < 1.29 is 9.53 Å². The fourth-order valence-electron chi connectivity index (χ4n) is 1.61. The van der Waals surface area contributed by atoms with Crippen LogP contribution in [-0.4, -0.2) is 6.09 Å². The number of rotatable bonds is 4. The number of nitrogens with one attached hydrogen (secondary N) is 1. The third-order valence-electron chi connectivity index (χ3n) is 2.57. The molecule has 5 N–H and O–H groups in total. The zero-order valence-corrected chi connectivity index (χ0v) is 10.3. The molecule has 0 fully saturated rings. The standard InChI is InChI=1S/C14H15N3O2/c15-12-3-1-2-4-13(12)17-11-7-5-10(6-8-11)9-19-14(16)18/h1-8,17H,9,15H2,(H2,16,18). The molecule has 19 heavy (non-hydrogen) atoms. The molecule has 5 heteroatoms. The molecule has 0 saturated carbocycles. The fourth-order valence-corrected chi connectivity index (χ4v) is 1.61. The van der Waals surface area contributed by atoms with Gasteiger partial charge in [0.25, 0.3) is 0 Å². The Kier molecular flexibility index (Phi) is 3.87. The second-order valence-electron chi connectivity index (χ2n) is 4.02. The molecule has 0 atom stereocenters. The van der Waals surface area contributed by atoms with E-state index >= 15 is 0 Å². The lowest BCUT2D eigenvalue weighted by molar-refractivity contribution is 0.150. The average molecular weight is 257 g/mol. The van der Waals surface area contributed by atoms with Crippen LogP contribution in [0.3, 0.4) is 0 Å². The first-order valence-corrected chi connectivity index (χ1v) is 5.78. The summed E-state index contributed by atoms with van der Waals surface area (Å²) in [5.41, 5.74) is 14.1. The van der Waals surface area contributed by atoms with E-state index in [1.54, 1.807) is 0 Å². The molecule has 0 heterocycles. The van der Waals surface area contributed by atoms with Crippen molar-refractivity contribution in [3.63, 3.8) is 0 Å². The Labute approximate surface area is 111 Å². The van der Waals surface area contributed by atoms with Gasteiger partial charge in [-0.15, -0.1) is 0 Å². The Morgan fingerprint density at radius 2 is 1.79 bits per heavy atom. The first kappa shape index (κ1) is 12.8.